The van der Waals surface area contributed by atoms with Gasteiger partial charge in [0.1, 0.15) is 5.75 Å². The monoisotopic (exact) mass is 318 g/mol. The van der Waals surface area contributed by atoms with Gasteiger partial charge in [-0.05, 0) is 26.0 Å². The van der Waals surface area contributed by atoms with E-state index in [0.717, 1.165) is 11.4 Å². The summed E-state index contributed by atoms with van der Waals surface area (Å²) < 4.78 is 5.36. The van der Waals surface area contributed by atoms with Gasteiger partial charge < -0.3 is 14.5 Å². The van der Waals surface area contributed by atoms with E-state index >= 15 is 0 Å². The summed E-state index contributed by atoms with van der Waals surface area (Å²) in [4.78, 5) is 27.5. The van der Waals surface area contributed by atoms with Crippen molar-refractivity contribution in [2.24, 2.45) is 5.10 Å². The van der Waals surface area contributed by atoms with E-state index in [9.17, 15) is 9.59 Å². The van der Waals surface area contributed by atoms with Crippen molar-refractivity contribution in [1.82, 2.24) is 10.3 Å². The van der Waals surface area contributed by atoms with Crippen molar-refractivity contribution in [3.05, 3.63) is 24.3 Å². The number of rotatable bonds is 3. The number of amides is 2. The van der Waals surface area contributed by atoms with Crippen LogP contribution >= 0.6 is 0 Å². The highest BCUT2D eigenvalue weighted by Crippen LogP contribution is 2.28. The molecule has 124 valence electrons. The Balaban J connectivity index is 1.94. The van der Waals surface area contributed by atoms with Crippen LogP contribution in [-0.4, -0.2) is 55.7 Å². The van der Waals surface area contributed by atoms with Crippen LogP contribution in [0.2, 0.25) is 0 Å². The molecule has 0 aliphatic carbocycles. The van der Waals surface area contributed by atoms with Crippen molar-refractivity contribution < 1.29 is 14.3 Å². The first-order chi connectivity index (χ1) is 11.0. The Hall–Kier alpha value is -2.57. The van der Waals surface area contributed by atoms with Crippen molar-refractivity contribution in [3.63, 3.8) is 0 Å². The van der Waals surface area contributed by atoms with Gasteiger partial charge in [0, 0.05) is 31.9 Å². The molecule has 1 aliphatic rings. The first-order valence-electron chi connectivity index (χ1n) is 7.51. The third-order valence-corrected chi connectivity index (χ3v) is 3.57. The summed E-state index contributed by atoms with van der Waals surface area (Å²) in [6, 6.07) is 7.77. The summed E-state index contributed by atoms with van der Waals surface area (Å²) in [5.74, 6) is -0.440. The van der Waals surface area contributed by atoms with Crippen LogP contribution in [0, 0.1) is 0 Å². The second kappa shape index (κ2) is 7.62. The lowest BCUT2D eigenvalue weighted by Gasteiger charge is -2.36. The highest BCUT2D eigenvalue weighted by molar-refractivity contribution is 6.35. The Bertz CT molecular complexity index is 603. The molecule has 2 rings (SSSR count). The van der Waals surface area contributed by atoms with E-state index in [1.54, 1.807) is 25.9 Å². The molecule has 1 N–H and O–H groups in total. The van der Waals surface area contributed by atoms with Gasteiger partial charge >= 0.3 is 11.8 Å². The largest absolute Gasteiger partial charge is 0.495 e. The zero-order chi connectivity index (χ0) is 16.8. The molecule has 1 heterocycles. The van der Waals surface area contributed by atoms with E-state index in [2.05, 4.69) is 15.4 Å². The lowest BCUT2D eigenvalue weighted by molar-refractivity contribution is -0.146. The molecule has 0 saturated carbocycles. The van der Waals surface area contributed by atoms with E-state index in [4.69, 9.17) is 4.74 Å². The van der Waals surface area contributed by atoms with Crippen molar-refractivity contribution in [2.45, 2.75) is 13.8 Å². The van der Waals surface area contributed by atoms with Gasteiger partial charge in [0.2, 0.25) is 0 Å². The topological polar surface area (TPSA) is 74.2 Å². The number of para-hydroxylation sites is 2. The fraction of sp³-hybridized carbons (Fsp3) is 0.438. The van der Waals surface area contributed by atoms with E-state index in [0.29, 0.717) is 31.9 Å². The second-order valence-electron chi connectivity index (χ2n) is 5.45. The number of benzene rings is 1. The molecule has 0 spiro atoms. The Morgan fingerprint density at radius 1 is 1.13 bits per heavy atom. The molecule has 0 atom stereocenters. The van der Waals surface area contributed by atoms with Crippen LogP contribution in [0.3, 0.4) is 0 Å². The number of ether oxygens (including phenoxy) is 1. The zero-order valence-corrected chi connectivity index (χ0v) is 13.7. The van der Waals surface area contributed by atoms with Gasteiger partial charge in [-0.25, -0.2) is 5.43 Å². The lowest BCUT2D eigenvalue weighted by atomic mass is 10.2. The fourth-order valence-corrected chi connectivity index (χ4v) is 2.40. The standard InChI is InChI=1S/C16H22N4O3/c1-12(2)17-18-15(21)16(22)20-10-8-19(9-11-20)13-6-4-5-7-14(13)23-3/h4-7H,8-11H2,1-3H3,(H,18,21). The van der Waals surface area contributed by atoms with Crippen LogP contribution in [0.5, 0.6) is 5.75 Å². The van der Waals surface area contributed by atoms with Crippen molar-refractivity contribution in [1.29, 1.82) is 0 Å². The summed E-state index contributed by atoms with van der Waals surface area (Å²) in [7, 11) is 1.64. The Kier molecular flexibility index (Phi) is 5.56. The number of hydrogen-bond acceptors (Lipinski definition) is 5. The highest BCUT2D eigenvalue weighted by Gasteiger charge is 2.26. The average Bonchev–Trinajstić information content (AvgIpc) is 2.59. The third-order valence-electron chi connectivity index (χ3n) is 3.57. The predicted molar refractivity (Wildman–Crippen MR) is 88.7 cm³/mol. The smallest absolute Gasteiger partial charge is 0.329 e. The number of piperazine rings is 1. The zero-order valence-electron chi connectivity index (χ0n) is 13.7. The molecule has 1 aromatic carbocycles. The Morgan fingerprint density at radius 2 is 1.78 bits per heavy atom. The number of nitrogens with one attached hydrogen (secondary N) is 1. The molecular formula is C16H22N4O3. The lowest BCUT2D eigenvalue weighted by Crippen LogP contribution is -2.52. The maximum Gasteiger partial charge on any atom is 0.329 e. The minimum absolute atomic E-state index is 0.485. The molecular weight excluding hydrogens is 296 g/mol. The molecule has 1 aliphatic heterocycles. The van der Waals surface area contributed by atoms with E-state index in [1.807, 2.05) is 24.3 Å². The molecule has 2 amide bonds. The maximum atomic E-state index is 12.1. The number of hydrazone groups is 1. The Morgan fingerprint density at radius 3 is 2.39 bits per heavy atom. The minimum Gasteiger partial charge on any atom is -0.495 e. The normalized spacial score (nSPS) is 14.2. The predicted octanol–water partition coefficient (Wildman–Crippen LogP) is 0.856. The SMILES string of the molecule is COc1ccccc1N1CCN(C(=O)C(=O)NN=C(C)C)CC1. The van der Waals surface area contributed by atoms with E-state index in [-0.39, 0.29) is 0 Å². The molecule has 7 heteroatoms. The van der Waals surface area contributed by atoms with Gasteiger partial charge in [0.05, 0.1) is 12.8 Å². The average molecular weight is 318 g/mol. The van der Waals surface area contributed by atoms with Gasteiger partial charge in [0.25, 0.3) is 0 Å². The molecule has 1 saturated heterocycles. The molecule has 0 unspecified atom stereocenters. The first kappa shape index (κ1) is 16.8. The maximum absolute atomic E-state index is 12.1. The summed E-state index contributed by atoms with van der Waals surface area (Å²) in [5, 5.41) is 3.77. The molecule has 1 fully saturated rings. The number of carbonyl (C=O) groups is 2. The van der Waals surface area contributed by atoms with E-state index < -0.39 is 11.8 Å². The van der Waals surface area contributed by atoms with Crippen LogP contribution in [0.4, 0.5) is 5.69 Å². The van der Waals surface area contributed by atoms with E-state index in [1.165, 1.54) is 0 Å². The van der Waals surface area contributed by atoms with Gasteiger partial charge in [-0.1, -0.05) is 12.1 Å². The summed E-state index contributed by atoms with van der Waals surface area (Å²) in [6.45, 7) is 5.76. The van der Waals surface area contributed by atoms with Crippen molar-refractivity contribution in [2.75, 3.05) is 38.2 Å². The number of carbonyl (C=O) groups excluding carboxylic acids is 2. The number of anilines is 1. The van der Waals surface area contributed by atoms with Gasteiger partial charge in [-0.3, -0.25) is 9.59 Å². The minimum atomic E-state index is -0.697. The molecule has 0 bridgehead atoms. The quantitative estimate of drug-likeness (QED) is 0.509. The summed E-state index contributed by atoms with van der Waals surface area (Å²) >= 11 is 0. The first-order valence-corrected chi connectivity index (χ1v) is 7.51. The summed E-state index contributed by atoms with van der Waals surface area (Å²) in [5.41, 5.74) is 3.95. The molecule has 1 aromatic rings. The number of nitrogens with zero attached hydrogens (tertiary/aromatic N) is 3. The van der Waals surface area contributed by atoms with Crippen LogP contribution < -0.4 is 15.1 Å². The molecule has 23 heavy (non-hydrogen) atoms. The number of hydrogen-bond donors (Lipinski definition) is 1. The highest BCUT2D eigenvalue weighted by atomic mass is 16.5. The van der Waals surface area contributed by atoms with Gasteiger partial charge in [-0.15, -0.1) is 0 Å². The fourth-order valence-electron chi connectivity index (χ4n) is 2.40. The molecule has 0 aromatic heterocycles. The van der Waals surface area contributed by atoms with Crippen LogP contribution in [0.25, 0.3) is 0 Å². The van der Waals surface area contributed by atoms with Crippen LogP contribution in [0.15, 0.2) is 29.4 Å². The van der Waals surface area contributed by atoms with Gasteiger partial charge in [0.15, 0.2) is 0 Å². The summed E-state index contributed by atoms with van der Waals surface area (Å²) in [6.07, 6.45) is 0. The molecule has 0 radical (unpaired) electrons. The van der Waals surface area contributed by atoms with Crippen LogP contribution in [0.1, 0.15) is 13.8 Å². The van der Waals surface area contributed by atoms with Crippen molar-refractivity contribution >= 4 is 23.2 Å². The Labute approximate surface area is 135 Å². The molecule has 7 nitrogen and oxygen atoms in total. The third kappa shape index (κ3) is 4.21. The van der Waals surface area contributed by atoms with Crippen molar-refractivity contribution in [3.8, 4) is 5.75 Å². The number of methoxy groups -OCH3 is 1. The van der Waals surface area contributed by atoms with Gasteiger partial charge in [-0.2, -0.15) is 5.10 Å². The second-order valence-corrected chi connectivity index (χ2v) is 5.45. The van der Waals surface area contributed by atoms with Crippen LogP contribution in [-0.2, 0) is 9.59 Å².